The third-order valence-corrected chi connectivity index (χ3v) is 4.37. The number of rotatable bonds is 4. The Hall–Kier alpha value is -3.35. The average molecular weight is 354 g/mol. The van der Waals surface area contributed by atoms with E-state index in [4.69, 9.17) is 4.74 Å². The molecule has 134 valence electrons. The number of methoxy groups -OCH3 is 1. The van der Waals surface area contributed by atoms with Crippen molar-refractivity contribution < 1.29 is 19.6 Å². The molecule has 0 aromatic heterocycles. The molecule has 1 aliphatic rings. The van der Waals surface area contributed by atoms with Crippen LogP contribution in [0.1, 0.15) is 22.3 Å². The Labute approximate surface area is 150 Å². The number of ether oxygens (including phenoxy) is 1. The molecule has 1 amide bonds. The molecular weight excluding hydrogens is 336 g/mol. The Morgan fingerprint density at radius 2 is 1.96 bits per heavy atom. The van der Waals surface area contributed by atoms with Gasteiger partial charge >= 0.3 is 0 Å². The molecule has 0 saturated carbocycles. The van der Waals surface area contributed by atoms with Crippen molar-refractivity contribution in [2.75, 3.05) is 20.2 Å². The lowest BCUT2D eigenvalue weighted by atomic mass is 9.99. The number of hydrogen-bond acceptors (Lipinski definition) is 5. The van der Waals surface area contributed by atoms with E-state index in [9.17, 15) is 20.0 Å². The molecule has 1 aliphatic heterocycles. The number of amides is 1. The van der Waals surface area contributed by atoms with Crippen molar-refractivity contribution in [3.63, 3.8) is 0 Å². The van der Waals surface area contributed by atoms with Crippen LogP contribution in [0.25, 0.3) is 5.57 Å². The summed E-state index contributed by atoms with van der Waals surface area (Å²) in [6.07, 6.45) is 2.56. The van der Waals surface area contributed by atoms with Crippen molar-refractivity contribution in [1.82, 2.24) is 4.90 Å². The predicted octanol–water partition coefficient (Wildman–Crippen LogP) is 3.24. The topological polar surface area (TPSA) is 92.9 Å². The van der Waals surface area contributed by atoms with E-state index >= 15 is 0 Å². The average Bonchev–Trinajstić information content (AvgIpc) is 2.67. The summed E-state index contributed by atoms with van der Waals surface area (Å²) >= 11 is 0. The zero-order valence-corrected chi connectivity index (χ0v) is 14.2. The van der Waals surface area contributed by atoms with Crippen LogP contribution in [0.2, 0.25) is 0 Å². The van der Waals surface area contributed by atoms with E-state index in [0.29, 0.717) is 25.3 Å². The zero-order valence-electron chi connectivity index (χ0n) is 14.2. The highest BCUT2D eigenvalue weighted by Gasteiger charge is 2.26. The van der Waals surface area contributed by atoms with Crippen molar-refractivity contribution in [3.8, 4) is 11.5 Å². The Balaban J connectivity index is 1.82. The van der Waals surface area contributed by atoms with Gasteiger partial charge in [0.15, 0.2) is 0 Å². The highest BCUT2D eigenvalue weighted by molar-refractivity contribution is 5.99. The van der Waals surface area contributed by atoms with Crippen molar-refractivity contribution in [2.24, 2.45) is 0 Å². The van der Waals surface area contributed by atoms with Crippen molar-refractivity contribution in [3.05, 3.63) is 69.8 Å². The lowest BCUT2D eigenvalue weighted by molar-refractivity contribution is -0.385. The summed E-state index contributed by atoms with van der Waals surface area (Å²) in [7, 11) is 1.45. The van der Waals surface area contributed by atoms with Gasteiger partial charge in [-0.05, 0) is 41.8 Å². The molecule has 0 radical (unpaired) electrons. The molecule has 0 unspecified atom stereocenters. The van der Waals surface area contributed by atoms with Crippen LogP contribution in [0, 0.1) is 10.1 Å². The van der Waals surface area contributed by atoms with E-state index in [1.54, 1.807) is 17.0 Å². The summed E-state index contributed by atoms with van der Waals surface area (Å²) < 4.78 is 5.09. The smallest absolute Gasteiger partial charge is 0.282 e. The maximum absolute atomic E-state index is 12.8. The Kier molecular flexibility index (Phi) is 4.88. The molecule has 0 aliphatic carbocycles. The van der Waals surface area contributed by atoms with Crippen LogP contribution in [0.3, 0.4) is 0 Å². The fraction of sp³-hybridized carbons (Fsp3) is 0.211. The number of hydrogen-bond donors (Lipinski definition) is 1. The van der Waals surface area contributed by atoms with Crippen LogP contribution in [0.5, 0.6) is 11.5 Å². The van der Waals surface area contributed by atoms with Gasteiger partial charge in [0.1, 0.15) is 17.1 Å². The minimum Gasteiger partial charge on any atom is -0.508 e. The number of phenolic OH excluding ortho intramolecular Hbond substituents is 1. The Morgan fingerprint density at radius 1 is 1.23 bits per heavy atom. The van der Waals surface area contributed by atoms with Gasteiger partial charge in [0, 0.05) is 19.2 Å². The molecule has 2 aromatic rings. The fourth-order valence-corrected chi connectivity index (χ4v) is 2.93. The second kappa shape index (κ2) is 7.26. The lowest BCUT2D eigenvalue weighted by Crippen LogP contribution is -2.35. The maximum atomic E-state index is 12.8. The number of carbonyl (C=O) groups is 1. The molecule has 7 heteroatoms. The molecule has 2 aromatic carbocycles. The first kappa shape index (κ1) is 17.5. The van der Waals surface area contributed by atoms with Crippen LogP contribution >= 0.6 is 0 Å². The van der Waals surface area contributed by atoms with Gasteiger partial charge < -0.3 is 14.7 Å². The first-order valence-electron chi connectivity index (χ1n) is 8.09. The number of phenols is 1. The summed E-state index contributed by atoms with van der Waals surface area (Å²) in [6.45, 7) is 0.823. The predicted molar refractivity (Wildman–Crippen MR) is 96.3 cm³/mol. The SMILES string of the molecule is COc1ccc([N+](=O)[O-])c(C(=O)N2CC=C(c3ccc(O)cc3)CC2)c1. The van der Waals surface area contributed by atoms with Gasteiger partial charge in [-0.1, -0.05) is 18.2 Å². The lowest BCUT2D eigenvalue weighted by Gasteiger charge is -2.26. The van der Waals surface area contributed by atoms with Crippen LogP contribution in [-0.4, -0.2) is 41.0 Å². The van der Waals surface area contributed by atoms with Crippen molar-refractivity contribution in [2.45, 2.75) is 6.42 Å². The molecule has 0 fully saturated rings. The monoisotopic (exact) mass is 354 g/mol. The van der Waals surface area contributed by atoms with Gasteiger partial charge in [-0.25, -0.2) is 0 Å². The van der Waals surface area contributed by atoms with E-state index < -0.39 is 10.8 Å². The Bertz CT molecular complexity index is 874. The molecule has 0 atom stereocenters. The quantitative estimate of drug-likeness (QED) is 0.672. The van der Waals surface area contributed by atoms with Crippen LogP contribution < -0.4 is 4.74 Å². The number of aromatic hydroxyl groups is 1. The van der Waals surface area contributed by atoms with Gasteiger partial charge in [0.2, 0.25) is 0 Å². The second-order valence-electron chi connectivity index (χ2n) is 5.92. The third kappa shape index (κ3) is 3.51. The minimum atomic E-state index is -0.561. The summed E-state index contributed by atoms with van der Waals surface area (Å²) in [4.78, 5) is 25.0. The fourth-order valence-electron chi connectivity index (χ4n) is 2.93. The van der Waals surface area contributed by atoms with Crippen LogP contribution in [0.4, 0.5) is 5.69 Å². The summed E-state index contributed by atoms with van der Waals surface area (Å²) in [6, 6.07) is 11.0. The molecule has 26 heavy (non-hydrogen) atoms. The van der Waals surface area contributed by atoms with Crippen LogP contribution in [-0.2, 0) is 0 Å². The van der Waals surface area contributed by atoms with Gasteiger partial charge in [-0.2, -0.15) is 0 Å². The number of nitro benzene ring substituents is 1. The van der Waals surface area contributed by atoms with E-state index in [0.717, 1.165) is 11.1 Å². The molecule has 7 nitrogen and oxygen atoms in total. The largest absolute Gasteiger partial charge is 0.508 e. The molecule has 3 rings (SSSR count). The number of nitrogens with zero attached hydrogens (tertiary/aromatic N) is 2. The molecule has 1 heterocycles. The zero-order chi connectivity index (χ0) is 18.7. The first-order valence-corrected chi connectivity index (χ1v) is 8.09. The molecule has 0 saturated heterocycles. The molecule has 1 N–H and O–H groups in total. The van der Waals surface area contributed by atoms with Crippen molar-refractivity contribution in [1.29, 1.82) is 0 Å². The number of carbonyl (C=O) groups excluding carboxylic acids is 1. The highest BCUT2D eigenvalue weighted by atomic mass is 16.6. The second-order valence-corrected chi connectivity index (χ2v) is 5.92. The highest BCUT2D eigenvalue weighted by Crippen LogP contribution is 2.28. The molecular formula is C19H18N2O5. The summed E-state index contributed by atoms with van der Waals surface area (Å²) in [5, 5.41) is 20.6. The van der Waals surface area contributed by atoms with Crippen LogP contribution in [0.15, 0.2) is 48.5 Å². The van der Waals surface area contributed by atoms with E-state index in [2.05, 4.69) is 0 Å². The number of nitro groups is 1. The standard InChI is InChI=1S/C19H18N2O5/c1-26-16-6-7-18(21(24)25)17(12-16)19(23)20-10-8-14(9-11-20)13-2-4-15(22)5-3-13/h2-8,12,22H,9-11H2,1H3. The van der Waals surface area contributed by atoms with E-state index in [1.165, 1.54) is 25.3 Å². The van der Waals surface area contributed by atoms with Crippen molar-refractivity contribution >= 4 is 17.2 Å². The Morgan fingerprint density at radius 3 is 2.54 bits per heavy atom. The van der Waals surface area contributed by atoms with E-state index in [-0.39, 0.29) is 17.0 Å². The maximum Gasteiger partial charge on any atom is 0.282 e. The number of benzene rings is 2. The van der Waals surface area contributed by atoms with Gasteiger partial charge in [0.25, 0.3) is 11.6 Å². The van der Waals surface area contributed by atoms with E-state index in [1.807, 2.05) is 18.2 Å². The van der Waals surface area contributed by atoms with Gasteiger partial charge in [-0.15, -0.1) is 0 Å². The minimum absolute atomic E-state index is 0.0239. The molecule has 0 bridgehead atoms. The normalized spacial score (nSPS) is 13.9. The first-order chi connectivity index (χ1) is 12.5. The summed E-state index contributed by atoms with van der Waals surface area (Å²) in [5.41, 5.74) is 1.86. The third-order valence-electron chi connectivity index (χ3n) is 4.37. The van der Waals surface area contributed by atoms with Gasteiger partial charge in [-0.3, -0.25) is 14.9 Å². The molecule has 0 spiro atoms. The summed E-state index contributed by atoms with van der Waals surface area (Å²) in [5.74, 6) is 0.209. The van der Waals surface area contributed by atoms with Gasteiger partial charge in [0.05, 0.1) is 12.0 Å².